The first-order valence-corrected chi connectivity index (χ1v) is 6.52. The first-order valence-electron chi connectivity index (χ1n) is 6.52. The zero-order valence-electron chi connectivity index (χ0n) is 11.9. The van der Waals surface area contributed by atoms with Crippen LogP contribution in [0.4, 0.5) is 0 Å². The molecule has 0 bridgehead atoms. The minimum Gasteiger partial charge on any atom is -0.353 e. The van der Waals surface area contributed by atoms with Crippen LogP contribution in [0.2, 0.25) is 0 Å². The molecule has 0 aliphatic rings. The molecular weight excluding hydrogens is 230 g/mol. The zero-order chi connectivity index (χ0) is 13.7. The van der Waals surface area contributed by atoms with Gasteiger partial charge in [-0.3, -0.25) is 4.79 Å². The fraction of sp³-hybridized carbons (Fsp3) is 0.769. The van der Waals surface area contributed by atoms with Crippen LogP contribution in [-0.4, -0.2) is 22.1 Å². The molecule has 1 aromatic heterocycles. The highest BCUT2D eigenvalue weighted by Gasteiger charge is 2.13. The van der Waals surface area contributed by atoms with E-state index in [0.29, 0.717) is 30.5 Å². The molecular formula is C13H23N3O2. The summed E-state index contributed by atoms with van der Waals surface area (Å²) < 4.78 is 5.09. The Morgan fingerprint density at radius 1 is 1.28 bits per heavy atom. The lowest BCUT2D eigenvalue weighted by Crippen LogP contribution is -2.36. The minimum absolute atomic E-state index is 0.0282. The maximum Gasteiger partial charge on any atom is 0.227 e. The molecule has 0 fully saturated rings. The number of carbonyl (C=O) groups excluding carboxylic acids is 1. The first kappa shape index (κ1) is 14.7. The quantitative estimate of drug-likeness (QED) is 0.844. The number of hydrogen-bond acceptors (Lipinski definition) is 4. The van der Waals surface area contributed by atoms with E-state index in [1.54, 1.807) is 0 Å². The predicted octanol–water partition coefficient (Wildman–Crippen LogP) is 2.29. The second kappa shape index (κ2) is 6.52. The van der Waals surface area contributed by atoms with Gasteiger partial charge >= 0.3 is 0 Å². The summed E-state index contributed by atoms with van der Waals surface area (Å²) in [6, 6.07) is 0.186. The topological polar surface area (TPSA) is 68.0 Å². The maximum atomic E-state index is 11.7. The third kappa shape index (κ3) is 4.47. The van der Waals surface area contributed by atoms with Crippen LogP contribution in [0, 0.1) is 5.92 Å². The molecule has 1 amide bonds. The number of carbonyl (C=O) groups is 1. The molecule has 0 aliphatic carbocycles. The number of amides is 1. The molecule has 18 heavy (non-hydrogen) atoms. The van der Waals surface area contributed by atoms with Crippen molar-refractivity contribution in [3.05, 3.63) is 11.7 Å². The Bertz CT molecular complexity index is 385. The van der Waals surface area contributed by atoms with Crippen molar-refractivity contribution in [3.8, 4) is 0 Å². The number of aryl methyl sites for hydroxylation is 1. The van der Waals surface area contributed by atoms with Gasteiger partial charge in [0.25, 0.3) is 0 Å². The second-order valence-corrected chi connectivity index (χ2v) is 5.30. The number of rotatable bonds is 6. The highest BCUT2D eigenvalue weighted by Crippen LogP contribution is 2.10. The van der Waals surface area contributed by atoms with Crippen molar-refractivity contribution in [1.82, 2.24) is 15.5 Å². The standard InChI is InChI=1S/C13H23N3O2/c1-8(2)10(5)14-11(17)6-7-12-15-13(9(3)4)16-18-12/h8-10H,6-7H2,1-5H3,(H,14,17)/t10-/m0/s1. The van der Waals surface area contributed by atoms with Crippen molar-refractivity contribution in [1.29, 1.82) is 0 Å². The molecule has 1 N–H and O–H groups in total. The minimum atomic E-state index is 0.0282. The van der Waals surface area contributed by atoms with E-state index in [1.807, 2.05) is 20.8 Å². The van der Waals surface area contributed by atoms with Gasteiger partial charge in [0, 0.05) is 24.8 Å². The number of nitrogens with one attached hydrogen (secondary N) is 1. The lowest BCUT2D eigenvalue weighted by Gasteiger charge is -2.16. The molecule has 0 saturated heterocycles. The predicted molar refractivity (Wildman–Crippen MR) is 69.2 cm³/mol. The Labute approximate surface area is 108 Å². The van der Waals surface area contributed by atoms with Crippen LogP contribution in [0.15, 0.2) is 4.52 Å². The highest BCUT2D eigenvalue weighted by atomic mass is 16.5. The summed E-state index contributed by atoms with van der Waals surface area (Å²) in [6.07, 6.45) is 0.882. The molecule has 5 heteroatoms. The van der Waals surface area contributed by atoms with Gasteiger partial charge in [0.2, 0.25) is 11.8 Å². The van der Waals surface area contributed by atoms with Crippen LogP contribution in [0.25, 0.3) is 0 Å². The normalized spacial score (nSPS) is 13.1. The molecule has 1 heterocycles. The Balaban J connectivity index is 2.38. The van der Waals surface area contributed by atoms with Crippen LogP contribution in [0.5, 0.6) is 0 Å². The van der Waals surface area contributed by atoms with Gasteiger partial charge in [-0.25, -0.2) is 0 Å². The average molecular weight is 253 g/mol. The summed E-state index contributed by atoms with van der Waals surface area (Å²) in [6.45, 7) is 10.2. The average Bonchev–Trinajstić information content (AvgIpc) is 2.74. The smallest absolute Gasteiger partial charge is 0.227 e. The molecule has 1 aromatic rings. The molecule has 0 radical (unpaired) electrons. The lowest BCUT2D eigenvalue weighted by atomic mass is 10.1. The Hall–Kier alpha value is -1.39. The zero-order valence-corrected chi connectivity index (χ0v) is 11.9. The molecule has 0 spiro atoms. The van der Waals surface area contributed by atoms with E-state index in [1.165, 1.54) is 0 Å². The molecule has 1 atom stereocenters. The fourth-order valence-electron chi connectivity index (χ4n) is 1.32. The second-order valence-electron chi connectivity index (χ2n) is 5.30. The van der Waals surface area contributed by atoms with Crippen molar-refractivity contribution < 1.29 is 9.32 Å². The van der Waals surface area contributed by atoms with Gasteiger partial charge in [0.05, 0.1) is 0 Å². The fourth-order valence-corrected chi connectivity index (χ4v) is 1.32. The van der Waals surface area contributed by atoms with Crippen molar-refractivity contribution >= 4 is 5.91 Å². The maximum absolute atomic E-state index is 11.7. The van der Waals surface area contributed by atoms with Gasteiger partial charge < -0.3 is 9.84 Å². The summed E-state index contributed by atoms with van der Waals surface area (Å²) in [5.41, 5.74) is 0. The molecule has 0 saturated carbocycles. The van der Waals surface area contributed by atoms with E-state index in [-0.39, 0.29) is 17.9 Å². The van der Waals surface area contributed by atoms with Crippen LogP contribution < -0.4 is 5.32 Å². The lowest BCUT2D eigenvalue weighted by molar-refractivity contribution is -0.122. The summed E-state index contributed by atoms with van der Waals surface area (Å²) in [5.74, 6) is 1.94. The molecule has 0 aromatic carbocycles. The largest absolute Gasteiger partial charge is 0.353 e. The van der Waals surface area contributed by atoms with Gasteiger partial charge in [0.1, 0.15) is 0 Å². The van der Waals surface area contributed by atoms with Gasteiger partial charge in [0.15, 0.2) is 5.82 Å². The van der Waals surface area contributed by atoms with Crippen LogP contribution in [0.1, 0.15) is 58.7 Å². The Morgan fingerprint density at radius 2 is 1.94 bits per heavy atom. The van der Waals surface area contributed by atoms with E-state index in [0.717, 1.165) is 0 Å². The van der Waals surface area contributed by atoms with Crippen molar-refractivity contribution in [2.24, 2.45) is 5.92 Å². The van der Waals surface area contributed by atoms with Gasteiger partial charge in [-0.1, -0.05) is 32.9 Å². The molecule has 0 aliphatic heterocycles. The van der Waals surface area contributed by atoms with E-state index >= 15 is 0 Å². The molecule has 1 rings (SSSR count). The molecule has 0 unspecified atom stereocenters. The van der Waals surface area contributed by atoms with Crippen LogP contribution >= 0.6 is 0 Å². The third-order valence-corrected chi connectivity index (χ3v) is 2.95. The van der Waals surface area contributed by atoms with Gasteiger partial charge in [-0.15, -0.1) is 0 Å². The Morgan fingerprint density at radius 3 is 2.44 bits per heavy atom. The number of hydrogen-bond donors (Lipinski definition) is 1. The first-order chi connectivity index (χ1) is 8.40. The van der Waals surface area contributed by atoms with Crippen LogP contribution in [0.3, 0.4) is 0 Å². The van der Waals surface area contributed by atoms with Crippen molar-refractivity contribution in [3.63, 3.8) is 0 Å². The molecule has 102 valence electrons. The van der Waals surface area contributed by atoms with E-state index in [9.17, 15) is 4.79 Å². The monoisotopic (exact) mass is 253 g/mol. The summed E-state index contributed by atoms with van der Waals surface area (Å²) in [4.78, 5) is 15.9. The van der Waals surface area contributed by atoms with Gasteiger partial charge in [-0.05, 0) is 12.8 Å². The Kier molecular flexibility index (Phi) is 5.31. The number of nitrogens with zero attached hydrogens (tertiary/aromatic N) is 2. The van der Waals surface area contributed by atoms with Gasteiger partial charge in [-0.2, -0.15) is 4.98 Å². The van der Waals surface area contributed by atoms with E-state index in [2.05, 4.69) is 29.3 Å². The summed E-state index contributed by atoms with van der Waals surface area (Å²) in [5, 5.41) is 6.82. The SMILES string of the molecule is CC(C)c1noc(CCC(=O)N[C@@H](C)C(C)C)n1. The van der Waals surface area contributed by atoms with E-state index in [4.69, 9.17) is 4.52 Å². The molecule has 5 nitrogen and oxygen atoms in total. The third-order valence-electron chi connectivity index (χ3n) is 2.95. The van der Waals surface area contributed by atoms with Crippen molar-refractivity contribution in [2.75, 3.05) is 0 Å². The van der Waals surface area contributed by atoms with Crippen LogP contribution in [-0.2, 0) is 11.2 Å². The highest BCUT2D eigenvalue weighted by molar-refractivity contribution is 5.76. The number of aromatic nitrogens is 2. The summed E-state index contributed by atoms with van der Waals surface area (Å²) >= 11 is 0. The summed E-state index contributed by atoms with van der Waals surface area (Å²) in [7, 11) is 0. The van der Waals surface area contributed by atoms with Crippen molar-refractivity contribution in [2.45, 2.75) is 59.4 Å². The van der Waals surface area contributed by atoms with E-state index < -0.39 is 0 Å².